The molecule has 0 bridgehead atoms. The third-order valence-electron chi connectivity index (χ3n) is 3.85. The van der Waals surface area contributed by atoms with Crippen molar-refractivity contribution in [1.82, 2.24) is 25.3 Å². The highest BCUT2D eigenvalue weighted by Gasteiger charge is 2.04. The molecule has 0 fully saturated rings. The van der Waals surface area contributed by atoms with E-state index in [1.807, 2.05) is 67.1 Å². The maximum absolute atomic E-state index is 11.9. The van der Waals surface area contributed by atoms with Crippen molar-refractivity contribution in [2.45, 2.75) is 26.4 Å². The normalized spacial score (nSPS) is 11.1. The summed E-state index contributed by atoms with van der Waals surface area (Å²) in [4.78, 5) is 18.4. The lowest BCUT2D eigenvalue weighted by molar-refractivity contribution is -0.116. The van der Waals surface area contributed by atoms with Crippen LogP contribution in [0.15, 0.2) is 47.7 Å². The Labute approximate surface area is 190 Å². The van der Waals surface area contributed by atoms with Gasteiger partial charge in [-0.15, -0.1) is 24.0 Å². The number of carbonyl (C=O) groups is 1. The number of amides is 1. The van der Waals surface area contributed by atoms with Crippen LogP contribution in [0.2, 0.25) is 0 Å². The number of likely N-dealkylation sites (N-methyl/N-ethyl adjacent to an activating group) is 1. The van der Waals surface area contributed by atoms with Crippen molar-refractivity contribution in [2.75, 3.05) is 39.0 Å². The molecule has 0 atom stereocenters. The molecular formula is C20H32IN7O. The number of anilines is 1. The van der Waals surface area contributed by atoms with E-state index in [0.29, 0.717) is 13.1 Å². The fourth-order valence-electron chi connectivity index (χ4n) is 2.63. The Bertz CT molecular complexity index is 747. The number of nitrogens with one attached hydrogen (secondary N) is 3. The van der Waals surface area contributed by atoms with Gasteiger partial charge in [-0.2, -0.15) is 5.10 Å². The second kappa shape index (κ2) is 13.9. The molecule has 8 nitrogen and oxygen atoms in total. The van der Waals surface area contributed by atoms with Crippen molar-refractivity contribution < 1.29 is 4.79 Å². The van der Waals surface area contributed by atoms with E-state index in [9.17, 15) is 4.79 Å². The van der Waals surface area contributed by atoms with Crippen LogP contribution in [0, 0.1) is 0 Å². The summed E-state index contributed by atoms with van der Waals surface area (Å²) in [6, 6.07) is 9.71. The monoisotopic (exact) mass is 513 g/mol. The van der Waals surface area contributed by atoms with Gasteiger partial charge < -0.3 is 20.9 Å². The molecule has 1 amide bonds. The number of aliphatic imine (C=N–C) groups is 1. The smallest absolute Gasteiger partial charge is 0.238 e. The molecule has 2 aromatic rings. The largest absolute Gasteiger partial charge is 0.357 e. The summed E-state index contributed by atoms with van der Waals surface area (Å²) in [6.07, 6.45) is 4.71. The average molecular weight is 513 g/mol. The summed E-state index contributed by atoms with van der Waals surface area (Å²) < 4.78 is 1.92. The minimum atomic E-state index is -0.0298. The molecule has 0 unspecified atom stereocenters. The van der Waals surface area contributed by atoms with Crippen LogP contribution in [0.3, 0.4) is 0 Å². The number of benzene rings is 1. The predicted molar refractivity (Wildman–Crippen MR) is 129 cm³/mol. The van der Waals surface area contributed by atoms with Gasteiger partial charge in [-0.25, -0.2) is 4.99 Å². The van der Waals surface area contributed by atoms with Crippen molar-refractivity contribution in [3.63, 3.8) is 0 Å². The second-order valence-electron chi connectivity index (χ2n) is 6.73. The Balaban J connectivity index is 0.00000420. The molecule has 0 spiro atoms. The molecule has 1 aromatic carbocycles. The minimum absolute atomic E-state index is 0. The summed E-state index contributed by atoms with van der Waals surface area (Å²) in [7, 11) is 3.74. The van der Waals surface area contributed by atoms with Gasteiger partial charge in [-0.3, -0.25) is 9.48 Å². The first-order valence-electron chi connectivity index (χ1n) is 9.60. The Morgan fingerprint density at radius 1 is 1.24 bits per heavy atom. The van der Waals surface area contributed by atoms with Crippen LogP contribution in [-0.4, -0.2) is 60.3 Å². The van der Waals surface area contributed by atoms with Crippen LogP contribution in [0.4, 0.5) is 5.69 Å². The van der Waals surface area contributed by atoms with E-state index in [0.717, 1.165) is 43.3 Å². The first-order chi connectivity index (χ1) is 13.6. The van der Waals surface area contributed by atoms with Gasteiger partial charge in [0, 0.05) is 37.7 Å². The Kier molecular flexibility index (Phi) is 12.0. The van der Waals surface area contributed by atoms with Gasteiger partial charge in [0.05, 0.1) is 13.1 Å². The summed E-state index contributed by atoms with van der Waals surface area (Å²) in [5.41, 5.74) is 1.83. The molecule has 0 aliphatic heterocycles. The highest BCUT2D eigenvalue weighted by Crippen LogP contribution is 2.11. The molecule has 2 rings (SSSR count). The van der Waals surface area contributed by atoms with Crippen molar-refractivity contribution in [3.05, 3.63) is 48.3 Å². The van der Waals surface area contributed by atoms with Crippen LogP contribution in [0.25, 0.3) is 0 Å². The summed E-state index contributed by atoms with van der Waals surface area (Å²) in [6.45, 7) is 5.41. The lowest BCUT2D eigenvalue weighted by Crippen LogP contribution is -2.38. The van der Waals surface area contributed by atoms with Crippen LogP contribution in [0.5, 0.6) is 0 Å². The highest BCUT2D eigenvalue weighted by atomic mass is 127. The number of guanidine groups is 1. The molecule has 9 heteroatoms. The molecule has 0 saturated heterocycles. The SMILES string of the molecule is CCNC(=NCc1cccc(NC(=O)CN(C)C)c1)NCCCn1cccn1.I. The van der Waals surface area contributed by atoms with Gasteiger partial charge in [0.25, 0.3) is 0 Å². The van der Waals surface area contributed by atoms with Crippen molar-refractivity contribution >= 4 is 41.5 Å². The van der Waals surface area contributed by atoms with E-state index in [2.05, 4.69) is 26.0 Å². The molecule has 0 aliphatic rings. The van der Waals surface area contributed by atoms with Gasteiger partial charge in [0.15, 0.2) is 5.96 Å². The average Bonchev–Trinajstić information content (AvgIpc) is 3.16. The van der Waals surface area contributed by atoms with Gasteiger partial charge in [-0.05, 0) is 51.2 Å². The molecule has 0 radical (unpaired) electrons. The quantitative estimate of drug-likeness (QED) is 0.196. The number of aryl methyl sites for hydroxylation is 1. The van der Waals surface area contributed by atoms with Gasteiger partial charge in [0.1, 0.15) is 0 Å². The third-order valence-corrected chi connectivity index (χ3v) is 3.85. The van der Waals surface area contributed by atoms with Crippen LogP contribution >= 0.6 is 24.0 Å². The second-order valence-corrected chi connectivity index (χ2v) is 6.73. The molecule has 1 aromatic heterocycles. The molecule has 0 saturated carbocycles. The molecule has 160 valence electrons. The van der Waals surface area contributed by atoms with Crippen molar-refractivity contribution in [2.24, 2.45) is 4.99 Å². The van der Waals surface area contributed by atoms with E-state index in [1.165, 1.54) is 0 Å². The number of hydrogen-bond donors (Lipinski definition) is 3. The Morgan fingerprint density at radius 3 is 2.76 bits per heavy atom. The standard InChI is InChI=1S/C20H31N7O.HI/c1-4-21-20(22-10-6-12-27-13-7-11-24-27)23-15-17-8-5-9-18(14-17)25-19(28)16-26(2)3;/h5,7-9,11,13-14H,4,6,10,12,15-16H2,1-3H3,(H,25,28)(H2,21,22,23);1H. The predicted octanol–water partition coefficient (Wildman–Crippen LogP) is 2.15. The maximum Gasteiger partial charge on any atom is 0.238 e. The topological polar surface area (TPSA) is 86.6 Å². The van der Waals surface area contributed by atoms with Gasteiger partial charge in [-0.1, -0.05) is 12.1 Å². The Hall–Kier alpha value is -2.14. The lowest BCUT2D eigenvalue weighted by Gasteiger charge is -2.12. The van der Waals surface area contributed by atoms with E-state index in [4.69, 9.17) is 0 Å². The number of carbonyl (C=O) groups excluding carboxylic acids is 1. The van der Waals surface area contributed by atoms with E-state index >= 15 is 0 Å². The first-order valence-corrected chi connectivity index (χ1v) is 9.60. The Morgan fingerprint density at radius 2 is 2.07 bits per heavy atom. The molecule has 1 heterocycles. The molecule has 0 aliphatic carbocycles. The molecular weight excluding hydrogens is 481 g/mol. The van der Waals surface area contributed by atoms with Gasteiger partial charge in [0.2, 0.25) is 5.91 Å². The number of halogens is 1. The van der Waals surface area contributed by atoms with Crippen LogP contribution in [0.1, 0.15) is 18.9 Å². The summed E-state index contributed by atoms with van der Waals surface area (Å²) in [5.74, 6) is 0.753. The number of nitrogens with zero attached hydrogens (tertiary/aromatic N) is 4. The van der Waals surface area contributed by atoms with Crippen LogP contribution in [-0.2, 0) is 17.9 Å². The minimum Gasteiger partial charge on any atom is -0.357 e. The van der Waals surface area contributed by atoms with Crippen LogP contribution < -0.4 is 16.0 Å². The number of hydrogen-bond acceptors (Lipinski definition) is 4. The van der Waals surface area contributed by atoms with Crippen molar-refractivity contribution in [1.29, 1.82) is 0 Å². The third kappa shape index (κ3) is 10.3. The summed E-state index contributed by atoms with van der Waals surface area (Å²) in [5, 5.41) is 13.7. The fourth-order valence-corrected chi connectivity index (χ4v) is 2.63. The zero-order valence-electron chi connectivity index (χ0n) is 17.4. The fraction of sp³-hybridized carbons (Fsp3) is 0.450. The first kappa shape index (κ1) is 24.9. The molecule has 3 N–H and O–H groups in total. The zero-order chi connectivity index (χ0) is 20.2. The molecule has 29 heavy (non-hydrogen) atoms. The highest BCUT2D eigenvalue weighted by molar-refractivity contribution is 14.0. The zero-order valence-corrected chi connectivity index (χ0v) is 19.7. The van der Waals surface area contributed by atoms with E-state index in [-0.39, 0.29) is 29.9 Å². The van der Waals surface area contributed by atoms with E-state index in [1.54, 1.807) is 6.20 Å². The number of aromatic nitrogens is 2. The maximum atomic E-state index is 11.9. The van der Waals surface area contributed by atoms with Gasteiger partial charge >= 0.3 is 0 Å². The van der Waals surface area contributed by atoms with E-state index < -0.39 is 0 Å². The summed E-state index contributed by atoms with van der Waals surface area (Å²) >= 11 is 0. The van der Waals surface area contributed by atoms with Crippen molar-refractivity contribution in [3.8, 4) is 0 Å². The number of rotatable bonds is 10. The lowest BCUT2D eigenvalue weighted by atomic mass is 10.2.